The van der Waals surface area contributed by atoms with Gasteiger partial charge in [-0.3, -0.25) is 4.90 Å². The molecule has 4 heteroatoms. The number of rotatable bonds is 2. The predicted molar refractivity (Wildman–Crippen MR) is 78.6 cm³/mol. The Balaban J connectivity index is 1.56. The Morgan fingerprint density at radius 3 is 2.75 bits per heavy atom. The maximum atomic E-state index is 5.33. The lowest BCUT2D eigenvalue weighted by molar-refractivity contribution is 0.156. The molecular weight excluding hydrogens is 250 g/mol. The van der Waals surface area contributed by atoms with Crippen molar-refractivity contribution in [2.45, 2.75) is 63.8 Å². The summed E-state index contributed by atoms with van der Waals surface area (Å²) in [5.74, 6) is 2.06. The van der Waals surface area contributed by atoms with Gasteiger partial charge in [0.25, 0.3) is 0 Å². The lowest BCUT2D eigenvalue weighted by atomic mass is 9.93. The van der Waals surface area contributed by atoms with Crippen LogP contribution in [0.25, 0.3) is 0 Å². The number of hydrogen-bond acceptors (Lipinski definition) is 4. The molecule has 110 valence electrons. The van der Waals surface area contributed by atoms with Gasteiger partial charge in [-0.05, 0) is 52.1 Å². The monoisotopic (exact) mass is 275 g/mol. The summed E-state index contributed by atoms with van der Waals surface area (Å²) in [5, 5.41) is 3.91. The van der Waals surface area contributed by atoms with Crippen LogP contribution in [0.3, 0.4) is 0 Å². The Morgan fingerprint density at radius 1 is 1.15 bits per heavy atom. The van der Waals surface area contributed by atoms with Gasteiger partial charge in [0.05, 0.1) is 0 Å². The third-order valence-corrected chi connectivity index (χ3v) is 4.62. The second-order valence-corrected chi connectivity index (χ2v) is 6.12. The number of piperidine rings is 1. The van der Waals surface area contributed by atoms with Gasteiger partial charge >= 0.3 is 0 Å². The number of aryl methyl sites for hydroxylation is 1. The summed E-state index contributed by atoms with van der Waals surface area (Å²) in [7, 11) is 0. The van der Waals surface area contributed by atoms with E-state index in [1.807, 2.05) is 6.92 Å². The van der Waals surface area contributed by atoms with Crippen molar-refractivity contribution in [3.63, 3.8) is 0 Å². The normalized spacial score (nSPS) is 26.4. The first-order valence-corrected chi connectivity index (χ1v) is 8.04. The predicted octanol–water partition coefficient (Wildman–Crippen LogP) is 3.45. The molecule has 3 rings (SSSR count). The molecule has 1 aromatic heterocycles. The van der Waals surface area contributed by atoms with Crippen molar-refractivity contribution in [3.05, 3.63) is 23.9 Å². The summed E-state index contributed by atoms with van der Waals surface area (Å²) in [6, 6.07) is 0.653. The maximum Gasteiger partial charge on any atom is 0.229 e. The molecule has 0 spiro atoms. The third kappa shape index (κ3) is 3.29. The van der Waals surface area contributed by atoms with Gasteiger partial charge in [-0.2, -0.15) is 4.98 Å². The first-order chi connectivity index (χ1) is 9.83. The molecule has 0 amide bonds. The van der Waals surface area contributed by atoms with Crippen molar-refractivity contribution in [2.75, 3.05) is 13.1 Å². The van der Waals surface area contributed by atoms with Crippen molar-refractivity contribution >= 4 is 0 Å². The first kappa shape index (κ1) is 13.8. The van der Waals surface area contributed by atoms with Crippen LogP contribution in [0.15, 0.2) is 16.7 Å². The fourth-order valence-corrected chi connectivity index (χ4v) is 3.40. The van der Waals surface area contributed by atoms with E-state index in [0.29, 0.717) is 12.0 Å². The molecule has 1 unspecified atom stereocenters. The highest BCUT2D eigenvalue weighted by molar-refractivity contribution is 5.00. The zero-order chi connectivity index (χ0) is 13.8. The van der Waals surface area contributed by atoms with E-state index in [-0.39, 0.29) is 0 Å². The van der Waals surface area contributed by atoms with E-state index in [9.17, 15) is 0 Å². The van der Waals surface area contributed by atoms with Gasteiger partial charge in [0.1, 0.15) is 0 Å². The molecule has 0 saturated carbocycles. The minimum atomic E-state index is 0.463. The van der Waals surface area contributed by atoms with Crippen molar-refractivity contribution in [2.24, 2.45) is 0 Å². The molecule has 1 fully saturated rings. The average Bonchev–Trinajstić information content (AvgIpc) is 2.85. The molecule has 1 saturated heterocycles. The van der Waals surface area contributed by atoms with E-state index in [1.165, 1.54) is 32.1 Å². The van der Waals surface area contributed by atoms with Crippen molar-refractivity contribution in [1.29, 1.82) is 0 Å². The molecule has 0 bridgehead atoms. The largest absolute Gasteiger partial charge is 0.339 e. The van der Waals surface area contributed by atoms with Crippen LogP contribution in [-0.4, -0.2) is 34.2 Å². The van der Waals surface area contributed by atoms with Gasteiger partial charge in [0.15, 0.2) is 5.82 Å². The Morgan fingerprint density at radius 2 is 2.00 bits per heavy atom. The summed E-state index contributed by atoms with van der Waals surface area (Å²) in [6.45, 7) is 4.20. The Kier molecular flexibility index (Phi) is 4.51. The highest BCUT2D eigenvalue weighted by Crippen LogP contribution is 2.29. The molecular formula is C16H25N3O. The van der Waals surface area contributed by atoms with Crippen molar-refractivity contribution < 1.29 is 4.52 Å². The highest BCUT2D eigenvalue weighted by Gasteiger charge is 2.27. The number of likely N-dealkylation sites (tertiary alicyclic amines) is 1. The number of allylic oxidation sites excluding steroid dienone is 1. The topological polar surface area (TPSA) is 42.2 Å². The molecule has 20 heavy (non-hydrogen) atoms. The molecule has 2 heterocycles. The van der Waals surface area contributed by atoms with Crippen LogP contribution in [0.2, 0.25) is 0 Å². The van der Waals surface area contributed by atoms with Crippen molar-refractivity contribution in [1.82, 2.24) is 15.0 Å². The lowest BCUT2D eigenvalue weighted by Crippen LogP contribution is -2.40. The van der Waals surface area contributed by atoms with Gasteiger partial charge in [-0.25, -0.2) is 0 Å². The SMILES string of the molecule is Cc1noc(C2CCN(C3C=CCCCCC3)CC2)n1. The van der Waals surface area contributed by atoms with E-state index < -0.39 is 0 Å². The zero-order valence-corrected chi connectivity index (χ0v) is 12.4. The quantitative estimate of drug-likeness (QED) is 0.775. The van der Waals surface area contributed by atoms with E-state index in [4.69, 9.17) is 4.52 Å². The number of hydrogen-bond donors (Lipinski definition) is 0. The summed E-state index contributed by atoms with van der Waals surface area (Å²) in [4.78, 5) is 7.03. The molecule has 0 radical (unpaired) electrons. The highest BCUT2D eigenvalue weighted by atomic mass is 16.5. The van der Waals surface area contributed by atoms with Gasteiger partial charge in [-0.1, -0.05) is 30.2 Å². The fourth-order valence-electron chi connectivity index (χ4n) is 3.40. The van der Waals surface area contributed by atoms with E-state index in [1.54, 1.807) is 0 Å². The van der Waals surface area contributed by atoms with Crippen LogP contribution in [0.5, 0.6) is 0 Å². The summed E-state index contributed by atoms with van der Waals surface area (Å²) in [6.07, 6.45) is 13.8. The van der Waals surface area contributed by atoms with Gasteiger partial charge in [-0.15, -0.1) is 0 Å². The maximum absolute atomic E-state index is 5.33. The van der Waals surface area contributed by atoms with Crippen molar-refractivity contribution in [3.8, 4) is 0 Å². The smallest absolute Gasteiger partial charge is 0.229 e. The van der Waals surface area contributed by atoms with Gasteiger partial charge < -0.3 is 4.52 Å². The van der Waals surface area contributed by atoms with Gasteiger partial charge in [0.2, 0.25) is 5.89 Å². The number of nitrogens with zero attached hydrogens (tertiary/aromatic N) is 3. The molecule has 1 aromatic rings. The lowest BCUT2D eigenvalue weighted by Gasteiger charge is -2.35. The van der Waals surface area contributed by atoms with Crippen LogP contribution < -0.4 is 0 Å². The molecule has 1 aliphatic carbocycles. The van der Waals surface area contributed by atoms with Crippen LogP contribution in [0.4, 0.5) is 0 Å². The van der Waals surface area contributed by atoms with E-state index in [2.05, 4.69) is 27.2 Å². The Labute approximate surface area is 121 Å². The fraction of sp³-hybridized carbons (Fsp3) is 0.750. The van der Waals surface area contributed by atoms with Crippen LogP contribution in [0.1, 0.15) is 62.6 Å². The Hall–Kier alpha value is -1.16. The molecule has 0 aromatic carbocycles. The molecule has 1 aliphatic heterocycles. The summed E-state index contributed by atoms with van der Waals surface area (Å²) >= 11 is 0. The van der Waals surface area contributed by atoms with E-state index in [0.717, 1.165) is 37.6 Å². The Bertz CT molecular complexity index is 446. The summed E-state index contributed by atoms with van der Waals surface area (Å²) in [5.41, 5.74) is 0. The van der Waals surface area contributed by atoms with Crippen LogP contribution in [-0.2, 0) is 0 Å². The standard InChI is InChI=1S/C16H25N3O/c1-13-17-16(20-18-13)14-9-11-19(12-10-14)15-7-5-3-2-4-6-8-15/h5,7,14-15H,2-4,6,8-12H2,1H3. The summed E-state index contributed by atoms with van der Waals surface area (Å²) < 4.78 is 5.33. The zero-order valence-electron chi connectivity index (χ0n) is 12.4. The first-order valence-electron chi connectivity index (χ1n) is 8.04. The molecule has 0 N–H and O–H groups in total. The second-order valence-electron chi connectivity index (χ2n) is 6.12. The minimum absolute atomic E-state index is 0.463. The van der Waals surface area contributed by atoms with E-state index >= 15 is 0 Å². The van der Waals surface area contributed by atoms with Crippen LogP contribution in [0, 0.1) is 6.92 Å². The molecule has 4 nitrogen and oxygen atoms in total. The second kappa shape index (κ2) is 6.53. The minimum Gasteiger partial charge on any atom is -0.339 e. The molecule has 1 atom stereocenters. The van der Waals surface area contributed by atoms with Gasteiger partial charge in [0, 0.05) is 12.0 Å². The number of aromatic nitrogens is 2. The molecule has 2 aliphatic rings. The van der Waals surface area contributed by atoms with Crippen LogP contribution >= 0.6 is 0 Å². The third-order valence-electron chi connectivity index (χ3n) is 4.62. The average molecular weight is 275 g/mol.